The van der Waals surface area contributed by atoms with Gasteiger partial charge in [-0.15, -0.1) is 0 Å². The van der Waals surface area contributed by atoms with Crippen LogP contribution in [0.2, 0.25) is 0 Å². The summed E-state index contributed by atoms with van der Waals surface area (Å²) < 4.78 is 14.0. The summed E-state index contributed by atoms with van der Waals surface area (Å²) in [6.07, 6.45) is 0.983. The lowest BCUT2D eigenvalue weighted by molar-refractivity contribution is 0.621. The largest absolute Gasteiger partial charge is 0.338 e. The zero-order valence-electron chi connectivity index (χ0n) is 10.4. The standard InChI is InChI=1S/C15H12BrFN2/c1-2-9-3-6-13-14(7-9)19-15(18-13)10-4-5-11(16)12(17)8-10/h3-8H,2H2,1H3,(H,18,19). The molecule has 0 unspecified atom stereocenters. The van der Waals surface area contributed by atoms with E-state index in [0.29, 0.717) is 10.3 Å². The number of imidazole rings is 1. The maximum Gasteiger partial charge on any atom is 0.138 e. The van der Waals surface area contributed by atoms with Crippen molar-refractivity contribution in [3.8, 4) is 11.4 Å². The zero-order chi connectivity index (χ0) is 13.4. The Labute approximate surface area is 118 Å². The van der Waals surface area contributed by atoms with Crippen LogP contribution in [-0.4, -0.2) is 9.97 Å². The first-order valence-corrected chi connectivity index (χ1v) is 6.90. The Morgan fingerprint density at radius 2 is 2.05 bits per heavy atom. The molecule has 0 aliphatic carbocycles. The summed E-state index contributed by atoms with van der Waals surface area (Å²) in [7, 11) is 0. The molecule has 4 heteroatoms. The lowest BCUT2D eigenvalue weighted by Gasteiger charge is -1.98. The van der Waals surface area contributed by atoms with Gasteiger partial charge in [0.2, 0.25) is 0 Å². The smallest absolute Gasteiger partial charge is 0.138 e. The second-order valence-corrected chi connectivity index (χ2v) is 5.27. The molecule has 0 bridgehead atoms. The molecule has 1 aromatic heterocycles. The number of hydrogen-bond donors (Lipinski definition) is 1. The van der Waals surface area contributed by atoms with E-state index in [1.165, 1.54) is 11.6 Å². The third-order valence-corrected chi connectivity index (χ3v) is 3.79. The van der Waals surface area contributed by atoms with Crippen molar-refractivity contribution in [3.63, 3.8) is 0 Å². The molecule has 0 amide bonds. The molecule has 3 rings (SSSR count). The Balaban J connectivity index is 2.11. The molecule has 0 aliphatic heterocycles. The van der Waals surface area contributed by atoms with E-state index in [4.69, 9.17) is 0 Å². The van der Waals surface area contributed by atoms with Crippen LogP contribution in [0.3, 0.4) is 0 Å². The monoisotopic (exact) mass is 318 g/mol. The van der Waals surface area contributed by atoms with Gasteiger partial charge in [-0.05, 0) is 58.2 Å². The summed E-state index contributed by atoms with van der Waals surface area (Å²) in [4.78, 5) is 7.73. The molecule has 96 valence electrons. The fourth-order valence-electron chi connectivity index (χ4n) is 2.06. The van der Waals surface area contributed by atoms with E-state index < -0.39 is 0 Å². The Morgan fingerprint density at radius 3 is 2.79 bits per heavy atom. The van der Waals surface area contributed by atoms with Gasteiger partial charge in [-0.2, -0.15) is 0 Å². The minimum absolute atomic E-state index is 0.285. The first-order valence-electron chi connectivity index (χ1n) is 6.11. The van der Waals surface area contributed by atoms with E-state index >= 15 is 0 Å². The van der Waals surface area contributed by atoms with Crippen LogP contribution in [0, 0.1) is 5.82 Å². The van der Waals surface area contributed by atoms with Crippen molar-refractivity contribution in [2.24, 2.45) is 0 Å². The molecule has 0 saturated carbocycles. The number of aryl methyl sites for hydroxylation is 1. The highest BCUT2D eigenvalue weighted by Crippen LogP contribution is 2.25. The predicted molar refractivity (Wildman–Crippen MR) is 78.6 cm³/mol. The number of H-pyrrole nitrogens is 1. The Morgan fingerprint density at radius 1 is 1.21 bits per heavy atom. The number of benzene rings is 2. The second-order valence-electron chi connectivity index (χ2n) is 4.42. The molecular weight excluding hydrogens is 307 g/mol. The summed E-state index contributed by atoms with van der Waals surface area (Å²) in [5.74, 6) is 0.404. The second kappa shape index (κ2) is 4.78. The maximum absolute atomic E-state index is 13.6. The van der Waals surface area contributed by atoms with Crippen molar-refractivity contribution >= 4 is 27.0 Å². The molecular formula is C15H12BrFN2. The van der Waals surface area contributed by atoms with Crippen molar-refractivity contribution in [1.29, 1.82) is 0 Å². The Kier molecular flexibility index (Phi) is 3.11. The van der Waals surface area contributed by atoms with Crippen LogP contribution in [0.1, 0.15) is 12.5 Å². The molecule has 0 atom stereocenters. The lowest BCUT2D eigenvalue weighted by Crippen LogP contribution is -1.83. The fraction of sp³-hybridized carbons (Fsp3) is 0.133. The van der Waals surface area contributed by atoms with Gasteiger partial charge >= 0.3 is 0 Å². The SMILES string of the molecule is CCc1ccc2nc(-c3ccc(Br)c(F)c3)[nH]c2c1. The predicted octanol–water partition coefficient (Wildman–Crippen LogP) is 4.69. The quantitative estimate of drug-likeness (QED) is 0.729. The highest BCUT2D eigenvalue weighted by Gasteiger charge is 2.08. The highest BCUT2D eigenvalue weighted by molar-refractivity contribution is 9.10. The number of hydrogen-bond acceptors (Lipinski definition) is 1. The number of halogens is 2. The molecule has 2 aromatic carbocycles. The van der Waals surface area contributed by atoms with Crippen LogP contribution in [0.25, 0.3) is 22.4 Å². The number of aromatic nitrogens is 2. The van der Waals surface area contributed by atoms with Gasteiger partial charge in [-0.1, -0.05) is 13.0 Å². The first kappa shape index (κ1) is 12.4. The van der Waals surface area contributed by atoms with Crippen LogP contribution < -0.4 is 0 Å². The number of nitrogens with zero attached hydrogens (tertiary/aromatic N) is 1. The van der Waals surface area contributed by atoms with Gasteiger partial charge in [-0.3, -0.25) is 0 Å². The molecule has 3 aromatic rings. The zero-order valence-corrected chi connectivity index (χ0v) is 12.0. The van der Waals surface area contributed by atoms with Crippen LogP contribution in [0.4, 0.5) is 4.39 Å². The van der Waals surface area contributed by atoms with E-state index in [1.807, 2.05) is 12.1 Å². The van der Waals surface area contributed by atoms with Crippen molar-refractivity contribution in [3.05, 3.63) is 52.3 Å². The normalized spacial score (nSPS) is 11.1. The van der Waals surface area contributed by atoms with E-state index in [1.54, 1.807) is 6.07 Å². The molecule has 0 aliphatic rings. The van der Waals surface area contributed by atoms with Crippen LogP contribution in [0.5, 0.6) is 0 Å². The fourth-order valence-corrected chi connectivity index (χ4v) is 2.30. The summed E-state index contributed by atoms with van der Waals surface area (Å²) in [6, 6.07) is 11.1. The Bertz CT molecular complexity index is 749. The van der Waals surface area contributed by atoms with Crippen molar-refractivity contribution in [2.45, 2.75) is 13.3 Å². The summed E-state index contributed by atoms with van der Waals surface area (Å²) >= 11 is 3.15. The summed E-state index contributed by atoms with van der Waals surface area (Å²) in [6.45, 7) is 2.11. The average molecular weight is 319 g/mol. The van der Waals surface area contributed by atoms with Crippen LogP contribution in [-0.2, 0) is 6.42 Å². The van der Waals surface area contributed by atoms with Crippen molar-refractivity contribution in [2.75, 3.05) is 0 Å². The van der Waals surface area contributed by atoms with Gasteiger partial charge in [-0.25, -0.2) is 9.37 Å². The molecule has 0 saturated heterocycles. The minimum atomic E-state index is -0.285. The molecule has 0 spiro atoms. The van der Waals surface area contributed by atoms with Gasteiger partial charge in [0.1, 0.15) is 11.6 Å². The van der Waals surface area contributed by atoms with Gasteiger partial charge in [0.25, 0.3) is 0 Å². The molecule has 2 nitrogen and oxygen atoms in total. The van der Waals surface area contributed by atoms with Crippen LogP contribution >= 0.6 is 15.9 Å². The molecule has 0 fully saturated rings. The summed E-state index contributed by atoms with van der Waals surface area (Å²) in [5.41, 5.74) is 3.88. The van der Waals surface area contributed by atoms with E-state index in [2.05, 4.69) is 45.0 Å². The van der Waals surface area contributed by atoms with Crippen molar-refractivity contribution < 1.29 is 4.39 Å². The van der Waals surface area contributed by atoms with Gasteiger partial charge < -0.3 is 4.98 Å². The molecule has 1 heterocycles. The third kappa shape index (κ3) is 2.28. The van der Waals surface area contributed by atoms with Crippen molar-refractivity contribution in [1.82, 2.24) is 9.97 Å². The number of fused-ring (bicyclic) bond motifs is 1. The third-order valence-electron chi connectivity index (χ3n) is 3.15. The molecule has 0 radical (unpaired) electrons. The highest BCUT2D eigenvalue weighted by atomic mass is 79.9. The number of nitrogens with one attached hydrogen (secondary N) is 1. The Hall–Kier alpha value is -1.68. The van der Waals surface area contributed by atoms with E-state index in [-0.39, 0.29) is 5.82 Å². The topological polar surface area (TPSA) is 28.7 Å². The van der Waals surface area contributed by atoms with Gasteiger partial charge in [0.15, 0.2) is 0 Å². The van der Waals surface area contributed by atoms with Gasteiger partial charge in [0, 0.05) is 5.56 Å². The number of rotatable bonds is 2. The van der Waals surface area contributed by atoms with E-state index in [9.17, 15) is 4.39 Å². The minimum Gasteiger partial charge on any atom is -0.338 e. The van der Waals surface area contributed by atoms with E-state index in [0.717, 1.165) is 23.0 Å². The summed E-state index contributed by atoms with van der Waals surface area (Å²) in [5, 5.41) is 0. The van der Waals surface area contributed by atoms with Crippen LogP contribution in [0.15, 0.2) is 40.9 Å². The number of aromatic amines is 1. The maximum atomic E-state index is 13.6. The molecule has 1 N–H and O–H groups in total. The lowest BCUT2D eigenvalue weighted by atomic mass is 10.1. The molecule has 19 heavy (non-hydrogen) atoms. The average Bonchev–Trinajstić information content (AvgIpc) is 2.84. The first-order chi connectivity index (χ1) is 9.17. The van der Waals surface area contributed by atoms with Gasteiger partial charge in [0.05, 0.1) is 15.5 Å².